The number of rotatable bonds is 6. The SMILES string of the molecule is CCCc1ccc([C@@H](NC(=O)[C@H]2CC(=O)Nc3ccccc32)c2cccs2)cc1. The lowest BCUT2D eigenvalue weighted by molar-refractivity contribution is -0.126. The highest BCUT2D eigenvalue weighted by Gasteiger charge is 2.32. The lowest BCUT2D eigenvalue weighted by Gasteiger charge is -2.27. The van der Waals surface area contributed by atoms with E-state index in [-0.39, 0.29) is 24.3 Å². The van der Waals surface area contributed by atoms with E-state index in [9.17, 15) is 9.59 Å². The maximum absolute atomic E-state index is 13.3. The fourth-order valence-electron chi connectivity index (χ4n) is 3.83. The minimum Gasteiger partial charge on any atom is -0.344 e. The highest BCUT2D eigenvalue weighted by Crippen LogP contribution is 2.34. The molecule has 3 aromatic rings. The van der Waals surface area contributed by atoms with Crippen LogP contribution < -0.4 is 10.6 Å². The Morgan fingerprint density at radius 2 is 1.93 bits per heavy atom. The second kappa shape index (κ2) is 8.62. The number of fused-ring (bicyclic) bond motifs is 1. The summed E-state index contributed by atoms with van der Waals surface area (Å²) in [6.45, 7) is 2.17. The van der Waals surface area contributed by atoms with Gasteiger partial charge in [0.2, 0.25) is 11.8 Å². The van der Waals surface area contributed by atoms with Gasteiger partial charge in [0.1, 0.15) is 0 Å². The van der Waals surface area contributed by atoms with E-state index in [2.05, 4.69) is 41.8 Å². The lowest BCUT2D eigenvalue weighted by atomic mass is 9.89. The number of carbonyl (C=O) groups excluding carboxylic acids is 2. The van der Waals surface area contributed by atoms with Crippen LogP contribution in [0.15, 0.2) is 66.0 Å². The van der Waals surface area contributed by atoms with Crippen LogP contribution >= 0.6 is 11.3 Å². The van der Waals surface area contributed by atoms with Gasteiger partial charge in [0.15, 0.2) is 0 Å². The number of aryl methyl sites for hydroxylation is 1. The second-order valence-electron chi connectivity index (χ2n) is 7.34. The Kier molecular flexibility index (Phi) is 5.76. The average molecular weight is 405 g/mol. The fraction of sp³-hybridized carbons (Fsp3) is 0.250. The Hall–Kier alpha value is -2.92. The van der Waals surface area contributed by atoms with Gasteiger partial charge >= 0.3 is 0 Å². The summed E-state index contributed by atoms with van der Waals surface area (Å²) in [5, 5.41) is 8.09. The lowest BCUT2D eigenvalue weighted by Crippen LogP contribution is -2.37. The highest BCUT2D eigenvalue weighted by molar-refractivity contribution is 7.10. The predicted octanol–water partition coefficient (Wildman–Crippen LogP) is 5.03. The van der Waals surface area contributed by atoms with Gasteiger partial charge in [-0.1, -0.05) is 61.9 Å². The minimum atomic E-state index is -0.484. The van der Waals surface area contributed by atoms with Gasteiger partial charge in [-0.25, -0.2) is 0 Å². The molecule has 2 N–H and O–H groups in total. The first-order valence-corrected chi connectivity index (χ1v) is 10.8. The van der Waals surface area contributed by atoms with Gasteiger partial charge in [-0.05, 0) is 40.6 Å². The van der Waals surface area contributed by atoms with Crippen molar-refractivity contribution in [3.05, 3.63) is 87.6 Å². The Morgan fingerprint density at radius 1 is 1.14 bits per heavy atom. The summed E-state index contributed by atoms with van der Waals surface area (Å²) in [4.78, 5) is 26.5. The topological polar surface area (TPSA) is 58.2 Å². The number of para-hydroxylation sites is 1. The first-order chi connectivity index (χ1) is 14.2. The third-order valence-electron chi connectivity index (χ3n) is 5.28. The molecule has 2 atom stereocenters. The Bertz CT molecular complexity index is 996. The molecule has 0 saturated heterocycles. The standard InChI is InChI=1S/C24H24N2O2S/c1-2-6-16-10-12-17(13-11-16)23(21-9-5-14-29-21)26-24(28)19-15-22(27)25-20-8-4-3-7-18(19)20/h3-5,7-14,19,23H,2,6,15H2,1H3,(H,25,27)(H,26,28)/t19-,23+/m0/s1. The van der Waals surface area contributed by atoms with Gasteiger partial charge in [0, 0.05) is 17.0 Å². The van der Waals surface area contributed by atoms with Crippen LogP contribution in [0.3, 0.4) is 0 Å². The number of hydrogen-bond donors (Lipinski definition) is 2. The maximum Gasteiger partial charge on any atom is 0.228 e. The van der Waals surface area contributed by atoms with Gasteiger partial charge in [-0.3, -0.25) is 9.59 Å². The molecule has 0 spiro atoms. The van der Waals surface area contributed by atoms with Gasteiger partial charge < -0.3 is 10.6 Å². The average Bonchev–Trinajstić information content (AvgIpc) is 3.27. The van der Waals surface area contributed by atoms with Gasteiger partial charge in [0.25, 0.3) is 0 Å². The molecule has 0 aliphatic carbocycles. The van der Waals surface area contributed by atoms with Crippen molar-refractivity contribution in [1.29, 1.82) is 0 Å². The third kappa shape index (κ3) is 4.25. The van der Waals surface area contributed by atoms with Gasteiger partial charge in [0.05, 0.1) is 12.0 Å². The quantitative estimate of drug-likeness (QED) is 0.605. The summed E-state index contributed by atoms with van der Waals surface area (Å²) < 4.78 is 0. The van der Waals surface area contributed by atoms with E-state index in [1.54, 1.807) is 11.3 Å². The Labute approximate surface area is 175 Å². The monoisotopic (exact) mass is 404 g/mol. The summed E-state index contributed by atoms with van der Waals surface area (Å²) in [6, 6.07) is 19.8. The molecule has 4 rings (SSSR count). The van der Waals surface area contributed by atoms with Crippen LogP contribution in [0.5, 0.6) is 0 Å². The van der Waals surface area contributed by atoms with Crippen molar-refractivity contribution in [1.82, 2.24) is 5.32 Å². The summed E-state index contributed by atoms with van der Waals surface area (Å²) in [5.74, 6) is -0.731. The van der Waals surface area contributed by atoms with Crippen LogP contribution in [-0.4, -0.2) is 11.8 Å². The number of nitrogens with one attached hydrogen (secondary N) is 2. The van der Waals surface area contributed by atoms with Crippen molar-refractivity contribution in [2.45, 2.75) is 38.1 Å². The number of amides is 2. The largest absolute Gasteiger partial charge is 0.344 e. The van der Waals surface area contributed by atoms with Crippen LogP contribution in [0, 0.1) is 0 Å². The van der Waals surface area contributed by atoms with Crippen LogP contribution in [-0.2, 0) is 16.0 Å². The van der Waals surface area contributed by atoms with Crippen LogP contribution in [0.25, 0.3) is 0 Å². The Balaban J connectivity index is 1.62. The fourth-order valence-corrected chi connectivity index (χ4v) is 4.63. The molecular formula is C24H24N2O2S. The van der Waals surface area contributed by atoms with E-state index in [1.807, 2.05) is 41.8 Å². The van der Waals surface area contributed by atoms with Gasteiger partial charge in [-0.15, -0.1) is 11.3 Å². The van der Waals surface area contributed by atoms with Gasteiger partial charge in [-0.2, -0.15) is 0 Å². The predicted molar refractivity (Wildman–Crippen MR) is 117 cm³/mol. The third-order valence-corrected chi connectivity index (χ3v) is 6.22. The van der Waals surface area contributed by atoms with Crippen molar-refractivity contribution in [3.63, 3.8) is 0 Å². The van der Waals surface area contributed by atoms with E-state index >= 15 is 0 Å². The molecule has 148 valence electrons. The number of carbonyl (C=O) groups is 2. The summed E-state index contributed by atoms with van der Waals surface area (Å²) in [6.07, 6.45) is 2.31. The van der Waals surface area contributed by atoms with E-state index < -0.39 is 5.92 Å². The molecule has 0 saturated carbocycles. The summed E-state index contributed by atoms with van der Waals surface area (Å²) >= 11 is 1.62. The molecule has 1 aliphatic rings. The van der Waals surface area contributed by atoms with Crippen LogP contribution in [0.4, 0.5) is 5.69 Å². The Morgan fingerprint density at radius 3 is 2.66 bits per heavy atom. The molecular weight excluding hydrogens is 380 g/mol. The molecule has 0 radical (unpaired) electrons. The van der Waals surface area contributed by atoms with Crippen molar-refractivity contribution >= 4 is 28.8 Å². The molecule has 2 heterocycles. The van der Waals surface area contributed by atoms with Crippen molar-refractivity contribution in [2.75, 3.05) is 5.32 Å². The number of anilines is 1. The molecule has 2 aromatic carbocycles. The number of hydrogen-bond acceptors (Lipinski definition) is 3. The van der Waals surface area contributed by atoms with Crippen molar-refractivity contribution < 1.29 is 9.59 Å². The highest BCUT2D eigenvalue weighted by atomic mass is 32.1. The smallest absolute Gasteiger partial charge is 0.228 e. The van der Waals surface area contributed by atoms with E-state index in [0.29, 0.717) is 0 Å². The molecule has 4 nitrogen and oxygen atoms in total. The minimum absolute atomic E-state index is 0.122. The molecule has 1 aromatic heterocycles. The van der Waals surface area contributed by atoms with E-state index in [1.165, 1.54) is 5.56 Å². The molecule has 1 aliphatic heterocycles. The normalized spacial score (nSPS) is 16.6. The van der Waals surface area contributed by atoms with Crippen molar-refractivity contribution in [2.24, 2.45) is 0 Å². The molecule has 0 fully saturated rings. The maximum atomic E-state index is 13.3. The van der Waals surface area contributed by atoms with Crippen molar-refractivity contribution in [3.8, 4) is 0 Å². The first-order valence-electron chi connectivity index (χ1n) is 9.97. The second-order valence-corrected chi connectivity index (χ2v) is 8.32. The number of benzene rings is 2. The molecule has 2 amide bonds. The van der Waals surface area contributed by atoms with E-state index in [0.717, 1.165) is 34.5 Å². The number of thiophene rings is 1. The first kappa shape index (κ1) is 19.4. The zero-order chi connectivity index (χ0) is 20.2. The summed E-state index contributed by atoms with van der Waals surface area (Å²) in [7, 11) is 0. The summed E-state index contributed by atoms with van der Waals surface area (Å²) in [5.41, 5.74) is 3.94. The molecule has 0 bridgehead atoms. The zero-order valence-corrected chi connectivity index (χ0v) is 17.2. The van der Waals surface area contributed by atoms with Crippen LogP contribution in [0.2, 0.25) is 0 Å². The molecule has 5 heteroatoms. The van der Waals surface area contributed by atoms with Crippen LogP contribution in [0.1, 0.15) is 53.3 Å². The zero-order valence-electron chi connectivity index (χ0n) is 16.4. The van der Waals surface area contributed by atoms with E-state index in [4.69, 9.17) is 0 Å². The molecule has 0 unspecified atom stereocenters. The molecule has 29 heavy (non-hydrogen) atoms.